The summed E-state index contributed by atoms with van der Waals surface area (Å²) in [6.07, 6.45) is 18.4. The molecule has 284 valence electrons. The summed E-state index contributed by atoms with van der Waals surface area (Å²) < 4.78 is 0. The summed E-state index contributed by atoms with van der Waals surface area (Å²) in [6.45, 7) is 11.2. The number of hydrogen-bond donors (Lipinski definition) is 0. The minimum Gasteiger partial charge on any atom is -0.248 e. The third kappa shape index (κ3) is 11.2. The van der Waals surface area contributed by atoms with Crippen molar-refractivity contribution < 1.29 is 0 Å². The lowest BCUT2D eigenvalue weighted by molar-refractivity contribution is 0.607. The molecular formula is C54H63N. The van der Waals surface area contributed by atoms with Crippen LogP contribution in [0, 0.1) is 20.8 Å². The monoisotopic (exact) mass is 725 g/mol. The van der Waals surface area contributed by atoms with E-state index in [0.29, 0.717) is 0 Å². The number of nitrogens with zero attached hydrogens (tertiary/aromatic N) is 1. The molecule has 5 aromatic carbocycles. The highest BCUT2D eigenvalue weighted by Crippen LogP contribution is 2.34. The van der Waals surface area contributed by atoms with Crippen molar-refractivity contribution in [2.45, 2.75) is 125 Å². The van der Waals surface area contributed by atoms with Gasteiger partial charge < -0.3 is 0 Å². The van der Waals surface area contributed by atoms with E-state index in [1.54, 1.807) is 0 Å². The van der Waals surface area contributed by atoms with Gasteiger partial charge in [0.15, 0.2) is 0 Å². The Hall–Kier alpha value is -4.75. The Kier molecular flexibility index (Phi) is 14.7. The number of benzene rings is 5. The highest BCUT2D eigenvalue weighted by atomic mass is 14.7. The Morgan fingerprint density at radius 1 is 0.327 bits per heavy atom. The number of pyridine rings is 1. The molecule has 1 heterocycles. The van der Waals surface area contributed by atoms with Gasteiger partial charge in [0.05, 0.1) is 11.4 Å². The van der Waals surface area contributed by atoms with Crippen molar-refractivity contribution in [3.63, 3.8) is 0 Å². The predicted octanol–water partition coefficient (Wildman–Crippen LogP) is 16.1. The maximum Gasteiger partial charge on any atom is 0.0715 e. The van der Waals surface area contributed by atoms with Gasteiger partial charge in [0.1, 0.15) is 0 Å². The van der Waals surface area contributed by atoms with Crippen LogP contribution in [0.15, 0.2) is 121 Å². The molecule has 55 heavy (non-hydrogen) atoms. The standard InChI is InChI=1S/C54H63N/c1-6-8-10-12-14-16-18-43-20-24-45(25-21-43)47-28-32-49(33-29-47)53-38-52(51-36-40(3)42(5)41(4)37-51)39-54(55-53)50-34-30-48(31-35-50)46-26-22-44(23-27-46)19-17-15-13-11-9-7-2/h20-39H,6-19H2,1-5H3. The SMILES string of the molecule is CCCCCCCCc1ccc(-c2ccc(-c3cc(-c4cc(C)c(C)c(C)c4)cc(-c4ccc(-c5ccc(CCCCCCCC)cc5)cc4)n3)cc2)cc1. The average molecular weight is 726 g/mol. The molecule has 1 aromatic heterocycles. The number of hydrogen-bond acceptors (Lipinski definition) is 1. The third-order valence-electron chi connectivity index (χ3n) is 11.7. The Balaban J connectivity index is 1.20. The summed E-state index contributed by atoms with van der Waals surface area (Å²) in [5.41, 5.74) is 18.6. The number of unbranched alkanes of at least 4 members (excludes halogenated alkanes) is 10. The van der Waals surface area contributed by atoms with Crippen LogP contribution in [-0.4, -0.2) is 4.98 Å². The molecule has 0 aliphatic carbocycles. The van der Waals surface area contributed by atoms with Crippen molar-refractivity contribution in [3.05, 3.63) is 149 Å². The molecule has 0 aliphatic rings. The van der Waals surface area contributed by atoms with E-state index in [2.05, 4.69) is 156 Å². The summed E-state index contributed by atoms with van der Waals surface area (Å²) in [4.78, 5) is 5.29. The average Bonchev–Trinajstić information content (AvgIpc) is 3.23. The molecule has 0 saturated carbocycles. The van der Waals surface area contributed by atoms with Crippen LogP contribution in [0.4, 0.5) is 0 Å². The van der Waals surface area contributed by atoms with Gasteiger partial charge in [0, 0.05) is 11.1 Å². The van der Waals surface area contributed by atoms with Crippen LogP contribution in [0.25, 0.3) is 55.9 Å². The Morgan fingerprint density at radius 3 is 1.02 bits per heavy atom. The van der Waals surface area contributed by atoms with E-state index in [9.17, 15) is 0 Å². The van der Waals surface area contributed by atoms with E-state index >= 15 is 0 Å². The summed E-state index contributed by atoms with van der Waals surface area (Å²) in [5.74, 6) is 0. The zero-order chi connectivity index (χ0) is 38.4. The molecule has 0 radical (unpaired) electrons. The van der Waals surface area contributed by atoms with E-state index in [1.165, 1.54) is 151 Å². The van der Waals surface area contributed by atoms with Gasteiger partial charge in [-0.3, -0.25) is 0 Å². The van der Waals surface area contributed by atoms with E-state index in [0.717, 1.165) is 22.5 Å². The van der Waals surface area contributed by atoms with E-state index in [4.69, 9.17) is 4.98 Å². The topological polar surface area (TPSA) is 12.9 Å². The van der Waals surface area contributed by atoms with Crippen LogP contribution < -0.4 is 0 Å². The first-order chi connectivity index (χ1) is 26.9. The van der Waals surface area contributed by atoms with Crippen LogP contribution in [0.5, 0.6) is 0 Å². The normalized spacial score (nSPS) is 11.3. The summed E-state index contributed by atoms with van der Waals surface area (Å²) in [5, 5.41) is 0. The molecule has 0 N–H and O–H groups in total. The summed E-state index contributed by atoms with van der Waals surface area (Å²) in [6, 6.07) is 45.5. The maximum absolute atomic E-state index is 5.29. The smallest absolute Gasteiger partial charge is 0.0715 e. The van der Waals surface area contributed by atoms with E-state index in [-0.39, 0.29) is 0 Å². The minimum atomic E-state index is 0.995. The molecule has 0 bridgehead atoms. The molecule has 6 rings (SSSR count). The Bertz CT molecular complexity index is 1920. The molecule has 0 amide bonds. The van der Waals surface area contributed by atoms with Gasteiger partial charge in [-0.05, 0) is 120 Å². The zero-order valence-electron chi connectivity index (χ0n) is 34.4. The van der Waals surface area contributed by atoms with Gasteiger partial charge in [0.25, 0.3) is 0 Å². The zero-order valence-corrected chi connectivity index (χ0v) is 34.4. The lowest BCUT2D eigenvalue weighted by atomic mass is 9.94. The largest absolute Gasteiger partial charge is 0.248 e. The van der Waals surface area contributed by atoms with E-state index < -0.39 is 0 Å². The molecule has 0 atom stereocenters. The van der Waals surface area contributed by atoms with E-state index in [1.807, 2.05) is 0 Å². The second kappa shape index (κ2) is 20.2. The van der Waals surface area contributed by atoms with Crippen molar-refractivity contribution in [2.75, 3.05) is 0 Å². The second-order valence-electron chi connectivity index (χ2n) is 15.9. The highest BCUT2D eigenvalue weighted by molar-refractivity contribution is 5.79. The lowest BCUT2D eigenvalue weighted by Gasteiger charge is -2.14. The first-order valence-corrected chi connectivity index (χ1v) is 21.4. The summed E-state index contributed by atoms with van der Waals surface area (Å²) in [7, 11) is 0. The number of aryl methyl sites for hydroxylation is 4. The number of rotatable bonds is 19. The van der Waals surface area contributed by atoms with Gasteiger partial charge in [0.2, 0.25) is 0 Å². The van der Waals surface area contributed by atoms with Gasteiger partial charge >= 0.3 is 0 Å². The maximum atomic E-state index is 5.29. The quantitative estimate of drug-likeness (QED) is 0.0758. The van der Waals surface area contributed by atoms with Crippen LogP contribution in [-0.2, 0) is 12.8 Å². The van der Waals surface area contributed by atoms with Crippen molar-refractivity contribution in [3.8, 4) is 55.9 Å². The molecule has 0 aliphatic heterocycles. The lowest BCUT2D eigenvalue weighted by Crippen LogP contribution is -1.94. The first kappa shape index (κ1) is 39.9. The fourth-order valence-corrected chi connectivity index (χ4v) is 7.81. The van der Waals surface area contributed by atoms with Crippen molar-refractivity contribution >= 4 is 0 Å². The molecule has 6 aromatic rings. The van der Waals surface area contributed by atoms with Crippen LogP contribution in [0.1, 0.15) is 119 Å². The molecule has 0 saturated heterocycles. The van der Waals surface area contributed by atoms with Crippen LogP contribution >= 0.6 is 0 Å². The molecular weight excluding hydrogens is 663 g/mol. The van der Waals surface area contributed by atoms with Gasteiger partial charge in [-0.2, -0.15) is 0 Å². The number of aromatic nitrogens is 1. The minimum absolute atomic E-state index is 0.995. The van der Waals surface area contributed by atoms with Crippen LogP contribution in [0.2, 0.25) is 0 Å². The molecule has 0 fully saturated rings. The third-order valence-corrected chi connectivity index (χ3v) is 11.7. The Morgan fingerprint density at radius 2 is 0.636 bits per heavy atom. The molecule has 0 unspecified atom stereocenters. The summed E-state index contributed by atoms with van der Waals surface area (Å²) >= 11 is 0. The van der Waals surface area contributed by atoms with Crippen molar-refractivity contribution in [1.29, 1.82) is 0 Å². The van der Waals surface area contributed by atoms with Crippen LogP contribution in [0.3, 0.4) is 0 Å². The van der Waals surface area contributed by atoms with Gasteiger partial charge in [-0.25, -0.2) is 4.98 Å². The molecule has 1 heteroatoms. The fourth-order valence-electron chi connectivity index (χ4n) is 7.81. The predicted molar refractivity (Wildman–Crippen MR) is 240 cm³/mol. The van der Waals surface area contributed by atoms with Crippen molar-refractivity contribution in [1.82, 2.24) is 4.98 Å². The highest BCUT2D eigenvalue weighted by Gasteiger charge is 2.12. The van der Waals surface area contributed by atoms with Gasteiger partial charge in [-0.1, -0.05) is 187 Å². The molecule has 0 spiro atoms. The second-order valence-corrected chi connectivity index (χ2v) is 15.9. The molecule has 1 nitrogen and oxygen atoms in total. The van der Waals surface area contributed by atoms with Gasteiger partial charge in [-0.15, -0.1) is 0 Å². The fraction of sp³-hybridized carbons (Fsp3) is 0.352. The van der Waals surface area contributed by atoms with Crippen molar-refractivity contribution in [2.24, 2.45) is 0 Å². The first-order valence-electron chi connectivity index (χ1n) is 21.4. The Labute approximate surface area is 333 Å².